The standard InChI is InChI=1S/C18H17N3S/c1-21-16-7-2-3-8-17(16)22-18(21)20-19-12-13-9-10-14-5-4-6-15(14)11-13/h2-3,7-12H,4-6H2,1H3/b19-12+,20-18-. The van der Waals surface area contributed by atoms with E-state index in [9.17, 15) is 0 Å². The number of nitrogens with zero attached hydrogens (tertiary/aromatic N) is 3. The fourth-order valence-corrected chi connectivity index (χ4v) is 3.97. The topological polar surface area (TPSA) is 29.6 Å². The average Bonchev–Trinajstić information content (AvgIpc) is 3.12. The molecule has 0 saturated heterocycles. The van der Waals surface area contributed by atoms with Crippen molar-refractivity contribution in [3.8, 4) is 0 Å². The largest absolute Gasteiger partial charge is 0.318 e. The maximum Gasteiger partial charge on any atom is 0.211 e. The number of hydrogen-bond donors (Lipinski definition) is 0. The molecule has 3 aromatic rings. The molecule has 4 heteroatoms. The molecule has 0 radical (unpaired) electrons. The minimum Gasteiger partial charge on any atom is -0.318 e. The zero-order valence-electron chi connectivity index (χ0n) is 12.5. The minimum absolute atomic E-state index is 0.915. The van der Waals surface area contributed by atoms with Gasteiger partial charge < -0.3 is 4.57 Å². The number of aromatic nitrogens is 1. The lowest BCUT2D eigenvalue weighted by molar-refractivity contribution is 0.889. The van der Waals surface area contributed by atoms with Crippen LogP contribution in [0.5, 0.6) is 0 Å². The van der Waals surface area contributed by atoms with E-state index in [-0.39, 0.29) is 0 Å². The normalized spacial score (nSPS) is 15.0. The molecule has 1 aliphatic carbocycles. The Morgan fingerprint density at radius 3 is 2.86 bits per heavy atom. The van der Waals surface area contributed by atoms with Crippen LogP contribution in [0, 0.1) is 0 Å². The lowest BCUT2D eigenvalue weighted by Crippen LogP contribution is -2.08. The average molecular weight is 307 g/mol. The van der Waals surface area contributed by atoms with E-state index in [1.165, 1.54) is 40.6 Å². The summed E-state index contributed by atoms with van der Waals surface area (Å²) in [5, 5.41) is 8.67. The summed E-state index contributed by atoms with van der Waals surface area (Å²) in [6.07, 6.45) is 5.54. The summed E-state index contributed by atoms with van der Waals surface area (Å²) < 4.78 is 3.32. The predicted octanol–water partition coefficient (Wildman–Crippen LogP) is 3.66. The summed E-state index contributed by atoms with van der Waals surface area (Å²) in [4.78, 5) is 0.915. The van der Waals surface area contributed by atoms with Crippen molar-refractivity contribution in [3.63, 3.8) is 0 Å². The Kier molecular flexibility index (Phi) is 3.39. The van der Waals surface area contributed by atoms with Crippen LogP contribution < -0.4 is 4.80 Å². The molecule has 2 aromatic carbocycles. The van der Waals surface area contributed by atoms with Crippen LogP contribution >= 0.6 is 11.3 Å². The Morgan fingerprint density at radius 2 is 1.95 bits per heavy atom. The first-order valence-corrected chi connectivity index (χ1v) is 8.36. The highest BCUT2D eigenvalue weighted by atomic mass is 32.1. The van der Waals surface area contributed by atoms with E-state index in [1.54, 1.807) is 11.3 Å². The first-order valence-electron chi connectivity index (χ1n) is 7.55. The number of fused-ring (bicyclic) bond motifs is 2. The number of rotatable bonds is 2. The van der Waals surface area contributed by atoms with Gasteiger partial charge in [-0.05, 0) is 54.2 Å². The molecule has 22 heavy (non-hydrogen) atoms. The van der Waals surface area contributed by atoms with Gasteiger partial charge in [-0.3, -0.25) is 0 Å². The van der Waals surface area contributed by atoms with E-state index in [0.29, 0.717) is 0 Å². The molecule has 1 aliphatic rings. The lowest BCUT2D eigenvalue weighted by Gasteiger charge is -1.99. The van der Waals surface area contributed by atoms with Crippen LogP contribution in [-0.4, -0.2) is 10.8 Å². The van der Waals surface area contributed by atoms with Crippen molar-refractivity contribution >= 4 is 27.8 Å². The van der Waals surface area contributed by atoms with Gasteiger partial charge in [-0.25, -0.2) is 0 Å². The summed E-state index contributed by atoms with van der Waals surface area (Å²) >= 11 is 1.66. The van der Waals surface area contributed by atoms with Crippen molar-refractivity contribution in [2.24, 2.45) is 17.3 Å². The molecule has 4 rings (SSSR count). The number of hydrogen-bond acceptors (Lipinski definition) is 3. The Bertz CT molecular complexity index is 931. The van der Waals surface area contributed by atoms with Gasteiger partial charge in [-0.2, -0.15) is 5.10 Å². The van der Waals surface area contributed by atoms with Crippen molar-refractivity contribution in [2.45, 2.75) is 19.3 Å². The Labute approximate surface area is 133 Å². The molecule has 0 N–H and O–H groups in total. The van der Waals surface area contributed by atoms with E-state index in [2.05, 4.69) is 51.2 Å². The van der Waals surface area contributed by atoms with Crippen molar-refractivity contribution in [1.29, 1.82) is 0 Å². The highest BCUT2D eigenvalue weighted by Crippen LogP contribution is 2.22. The first kappa shape index (κ1) is 13.5. The van der Waals surface area contributed by atoms with Gasteiger partial charge in [-0.15, -0.1) is 5.10 Å². The van der Waals surface area contributed by atoms with Crippen LogP contribution in [0.3, 0.4) is 0 Å². The minimum atomic E-state index is 0.915. The van der Waals surface area contributed by atoms with Crippen molar-refractivity contribution in [3.05, 3.63) is 64.0 Å². The first-order chi connectivity index (χ1) is 10.8. The maximum atomic E-state index is 4.38. The molecule has 0 spiro atoms. The van der Waals surface area contributed by atoms with E-state index < -0.39 is 0 Å². The van der Waals surface area contributed by atoms with E-state index >= 15 is 0 Å². The molecule has 0 amide bonds. The Hall–Kier alpha value is -2.20. The van der Waals surface area contributed by atoms with Crippen molar-refractivity contribution in [1.82, 2.24) is 4.57 Å². The predicted molar refractivity (Wildman–Crippen MR) is 92.4 cm³/mol. The SMILES string of the molecule is Cn1/c(=N/N=C/c2ccc3c(c2)CCC3)sc2ccccc21. The van der Waals surface area contributed by atoms with Gasteiger partial charge in [-0.1, -0.05) is 35.6 Å². The highest BCUT2D eigenvalue weighted by Gasteiger charge is 2.09. The van der Waals surface area contributed by atoms with Crippen LogP contribution in [0.25, 0.3) is 10.2 Å². The van der Waals surface area contributed by atoms with Crippen molar-refractivity contribution < 1.29 is 0 Å². The molecule has 1 aromatic heterocycles. The third kappa shape index (κ3) is 2.40. The third-order valence-electron chi connectivity index (χ3n) is 4.19. The fourth-order valence-electron chi connectivity index (χ4n) is 2.99. The van der Waals surface area contributed by atoms with E-state index in [4.69, 9.17) is 0 Å². The second kappa shape index (κ2) is 5.54. The zero-order chi connectivity index (χ0) is 14.9. The van der Waals surface area contributed by atoms with E-state index in [0.717, 1.165) is 10.4 Å². The summed E-state index contributed by atoms with van der Waals surface area (Å²) in [5.74, 6) is 0. The van der Waals surface area contributed by atoms with Crippen LogP contribution in [0.4, 0.5) is 0 Å². The highest BCUT2D eigenvalue weighted by molar-refractivity contribution is 7.16. The van der Waals surface area contributed by atoms with Gasteiger partial charge in [0.05, 0.1) is 16.4 Å². The molecule has 110 valence electrons. The number of benzene rings is 2. The lowest BCUT2D eigenvalue weighted by atomic mass is 10.1. The fraction of sp³-hybridized carbons (Fsp3) is 0.222. The molecular formula is C18H17N3S. The quantitative estimate of drug-likeness (QED) is 0.511. The summed E-state index contributed by atoms with van der Waals surface area (Å²) in [7, 11) is 2.03. The Balaban J connectivity index is 1.66. The molecule has 0 fully saturated rings. The number of aryl methyl sites for hydroxylation is 3. The molecule has 0 atom stereocenters. The molecule has 0 aliphatic heterocycles. The number of para-hydroxylation sites is 1. The van der Waals surface area contributed by atoms with Gasteiger partial charge in [0.25, 0.3) is 0 Å². The van der Waals surface area contributed by atoms with Gasteiger partial charge in [0, 0.05) is 7.05 Å². The molecule has 0 saturated carbocycles. The Morgan fingerprint density at radius 1 is 1.09 bits per heavy atom. The molecule has 0 bridgehead atoms. The van der Waals surface area contributed by atoms with Gasteiger partial charge >= 0.3 is 0 Å². The molecule has 0 unspecified atom stereocenters. The van der Waals surface area contributed by atoms with Crippen LogP contribution in [-0.2, 0) is 19.9 Å². The van der Waals surface area contributed by atoms with E-state index in [1.807, 2.05) is 19.3 Å². The van der Waals surface area contributed by atoms with Crippen LogP contribution in [0.15, 0.2) is 52.7 Å². The number of thiazole rings is 1. The second-order valence-corrected chi connectivity index (χ2v) is 6.65. The summed E-state index contributed by atoms with van der Waals surface area (Å²) in [5.41, 5.74) is 5.29. The molecular weight excluding hydrogens is 290 g/mol. The third-order valence-corrected chi connectivity index (χ3v) is 5.29. The van der Waals surface area contributed by atoms with Gasteiger partial charge in [0.1, 0.15) is 0 Å². The maximum absolute atomic E-state index is 4.38. The van der Waals surface area contributed by atoms with Crippen LogP contribution in [0.2, 0.25) is 0 Å². The summed E-state index contributed by atoms with van der Waals surface area (Å²) in [6, 6.07) is 14.9. The van der Waals surface area contributed by atoms with Crippen molar-refractivity contribution in [2.75, 3.05) is 0 Å². The second-order valence-electron chi connectivity index (χ2n) is 5.64. The molecule has 3 nitrogen and oxygen atoms in total. The van der Waals surface area contributed by atoms with Crippen LogP contribution in [0.1, 0.15) is 23.1 Å². The van der Waals surface area contributed by atoms with Gasteiger partial charge in [0.15, 0.2) is 0 Å². The smallest absolute Gasteiger partial charge is 0.211 e. The molecule has 1 heterocycles. The zero-order valence-corrected chi connectivity index (χ0v) is 13.3. The monoisotopic (exact) mass is 307 g/mol. The summed E-state index contributed by atoms with van der Waals surface area (Å²) in [6.45, 7) is 0. The van der Waals surface area contributed by atoms with Gasteiger partial charge in [0.2, 0.25) is 4.80 Å².